The van der Waals surface area contributed by atoms with E-state index < -0.39 is 23.3 Å². The number of nitrogens with two attached hydrogens (primary N) is 1. The summed E-state index contributed by atoms with van der Waals surface area (Å²) in [7, 11) is 0. The van der Waals surface area contributed by atoms with Crippen molar-refractivity contribution in [3.05, 3.63) is 65.0 Å². The largest absolute Gasteiger partial charge is 0.386 e. The van der Waals surface area contributed by atoms with Crippen LogP contribution in [0.1, 0.15) is 28.5 Å². The van der Waals surface area contributed by atoms with Gasteiger partial charge < -0.3 is 10.5 Å². The number of carbonyl (C=O) groups is 1. The number of nitrogens with zero attached hydrogens (tertiary/aromatic N) is 2. The lowest BCUT2D eigenvalue weighted by molar-refractivity contribution is 0.0754. The number of aliphatic imine (C=N–C) groups is 1. The summed E-state index contributed by atoms with van der Waals surface area (Å²) < 4.78 is 47.2. The maximum atomic E-state index is 14.7. The molecule has 2 N–H and O–H groups in total. The van der Waals surface area contributed by atoms with Gasteiger partial charge in [0.25, 0.3) is 0 Å². The van der Waals surface area contributed by atoms with Gasteiger partial charge in [-0.2, -0.15) is 0 Å². The first kappa shape index (κ1) is 19.0. The fourth-order valence-electron chi connectivity index (χ4n) is 2.95. The highest BCUT2D eigenvalue weighted by Crippen LogP contribution is 2.35. The Labute approximate surface area is 154 Å². The summed E-state index contributed by atoms with van der Waals surface area (Å²) in [5.74, 6) is -1.52. The summed E-state index contributed by atoms with van der Waals surface area (Å²) in [6.07, 6.45) is -0.770. The van der Waals surface area contributed by atoms with Crippen LogP contribution in [0.25, 0.3) is 0 Å². The molecule has 1 aromatic heterocycles. The van der Waals surface area contributed by atoms with Gasteiger partial charge in [0.05, 0.1) is 12.8 Å². The summed E-state index contributed by atoms with van der Waals surface area (Å²) in [4.78, 5) is 20.2. The van der Waals surface area contributed by atoms with Crippen LogP contribution in [0.3, 0.4) is 0 Å². The number of amidine groups is 1. The molecule has 0 fully saturated rings. The maximum absolute atomic E-state index is 14.7. The average molecular weight is 377 g/mol. The van der Waals surface area contributed by atoms with E-state index in [-0.39, 0.29) is 42.5 Å². The molecule has 1 aromatic carbocycles. The Hall–Kier alpha value is -2.74. The number of pyridine rings is 1. The van der Waals surface area contributed by atoms with Gasteiger partial charge in [0.15, 0.2) is 12.0 Å². The van der Waals surface area contributed by atoms with E-state index in [1.165, 1.54) is 25.1 Å². The van der Waals surface area contributed by atoms with Crippen molar-refractivity contribution in [1.82, 2.24) is 4.98 Å². The lowest BCUT2D eigenvalue weighted by Crippen LogP contribution is -2.36. The molecular weight excluding hydrogens is 359 g/mol. The van der Waals surface area contributed by atoms with Gasteiger partial charge in [-0.05, 0) is 36.8 Å². The van der Waals surface area contributed by atoms with Gasteiger partial charge in [-0.1, -0.05) is 6.07 Å². The predicted octanol–water partition coefficient (Wildman–Crippen LogP) is 2.73. The van der Waals surface area contributed by atoms with Gasteiger partial charge in [-0.3, -0.25) is 14.8 Å². The number of benzene rings is 1. The lowest BCUT2D eigenvalue weighted by atomic mass is 9.86. The van der Waals surface area contributed by atoms with Crippen molar-refractivity contribution in [2.24, 2.45) is 10.7 Å². The molecule has 0 saturated heterocycles. The van der Waals surface area contributed by atoms with Crippen molar-refractivity contribution < 1.29 is 22.7 Å². The first-order valence-corrected chi connectivity index (χ1v) is 8.29. The molecule has 1 aliphatic heterocycles. The minimum absolute atomic E-state index is 0.0131. The molecule has 0 bridgehead atoms. The summed E-state index contributed by atoms with van der Waals surface area (Å²) in [5, 5.41) is 0. The smallest absolute Gasteiger partial charge is 0.185 e. The number of ether oxygens (including phenoxy) is 1. The summed E-state index contributed by atoms with van der Waals surface area (Å²) in [6.45, 7) is 1.12. The number of alkyl halides is 1. The number of rotatable bonds is 4. The quantitative estimate of drug-likeness (QED) is 0.831. The van der Waals surface area contributed by atoms with Gasteiger partial charge in [-0.15, -0.1) is 0 Å². The van der Waals surface area contributed by atoms with Gasteiger partial charge >= 0.3 is 0 Å². The van der Waals surface area contributed by atoms with E-state index in [4.69, 9.17) is 10.5 Å². The average Bonchev–Trinajstić information content (AvgIpc) is 2.75. The van der Waals surface area contributed by atoms with Gasteiger partial charge in [-0.25, -0.2) is 13.2 Å². The third-order valence-electron chi connectivity index (χ3n) is 4.45. The Morgan fingerprint density at radius 2 is 2.11 bits per heavy atom. The Bertz CT molecular complexity index is 886. The van der Waals surface area contributed by atoms with Crippen LogP contribution in [-0.2, 0) is 16.7 Å². The van der Waals surface area contributed by atoms with Crippen LogP contribution in [0.4, 0.5) is 13.2 Å². The van der Waals surface area contributed by atoms with Crippen molar-refractivity contribution in [2.75, 3.05) is 13.2 Å². The van der Waals surface area contributed by atoms with E-state index in [0.29, 0.717) is 5.56 Å². The Kier molecular flexibility index (Phi) is 5.27. The highest BCUT2D eigenvalue weighted by molar-refractivity contribution is 5.95. The van der Waals surface area contributed by atoms with E-state index in [2.05, 4.69) is 9.98 Å². The second-order valence-corrected chi connectivity index (χ2v) is 6.51. The number of halogens is 3. The molecule has 2 aromatic rings. The summed E-state index contributed by atoms with van der Waals surface area (Å²) in [5.41, 5.74) is 4.66. The molecule has 5 nitrogen and oxygen atoms in total. The highest BCUT2D eigenvalue weighted by Gasteiger charge is 2.40. The van der Waals surface area contributed by atoms with E-state index in [1.54, 1.807) is 0 Å². The third-order valence-corrected chi connectivity index (χ3v) is 4.45. The molecule has 1 aliphatic rings. The number of hydrogen-bond donors (Lipinski definition) is 1. The van der Waals surface area contributed by atoms with E-state index in [1.807, 2.05) is 0 Å². The molecule has 3 rings (SSSR count). The molecule has 0 spiro atoms. The van der Waals surface area contributed by atoms with E-state index in [0.717, 1.165) is 18.3 Å². The van der Waals surface area contributed by atoms with Crippen molar-refractivity contribution in [1.29, 1.82) is 0 Å². The Balaban J connectivity index is 1.93. The monoisotopic (exact) mass is 377 g/mol. The van der Waals surface area contributed by atoms with Crippen LogP contribution in [0.2, 0.25) is 0 Å². The van der Waals surface area contributed by atoms with Crippen LogP contribution in [0.15, 0.2) is 41.5 Å². The molecule has 2 atom stereocenters. The predicted molar refractivity (Wildman–Crippen MR) is 93.3 cm³/mol. The van der Waals surface area contributed by atoms with Crippen LogP contribution >= 0.6 is 0 Å². The zero-order chi connectivity index (χ0) is 19.6. The molecular formula is C19H18F3N3O2. The van der Waals surface area contributed by atoms with Crippen molar-refractivity contribution >= 4 is 11.6 Å². The molecule has 0 radical (unpaired) electrons. The number of ketones is 1. The lowest BCUT2D eigenvalue weighted by Gasteiger charge is -2.28. The number of Topliss-reactive ketones (excluding diaryl/α,β-unsaturated/α-hetero) is 1. The van der Waals surface area contributed by atoms with Gasteiger partial charge in [0, 0.05) is 12.0 Å². The van der Waals surface area contributed by atoms with Crippen LogP contribution < -0.4 is 5.73 Å². The second kappa shape index (κ2) is 7.48. The SMILES string of the molecule is C[C@]1(c2cc(CC(=O)c3ccc(F)cn3)ccc2F)N=C(N)COC[C@@H]1F. The maximum Gasteiger partial charge on any atom is 0.185 e. The van der Waals surface area contributed by atoms with Crippen LogP contribution in [0.5, 0.6) is 0 Å². The zero-order valence-electron chi connectivity index (χ0n) is 14.6. The number of hydrogen-bond acceptors (Lipinski definition) is 5. The van der Waals surface area contributed by atoms with Crippen LogP contribution in [0, 0.1) is 11.6 Å². The third kappa shape index (κ3) is 4.00. The molecule has 27 heavy (non-hydrogen) atoms. The van der Waals surface area contributed by atoms with Crippen molar-refractivity contribution in [2.45, 2.75) is 25.1 Å². The molecule has 8 heteroatoms. The summed E-state index contributed by atoms with van der Waals surface area (Å²) in [6, 6.07) is 6.39. The number of carbonyl (C=O) groups excluding carboxylic acids is 1. The normalized spacial score (nSPS) is 22.8. The standard InChI is InChI=1S/C19H18F3N3O2/c1-19(17(22)9-27-10-18(23)25-19)13-6-11(2-4-14(13)21)7-16(26)15-5-3-12(20)8-24-15/h2-6,8,17H,7,9-10H2,1H3,(H2,23,25)/t17-,19+/m0/s1. The van der Waals surface area contributed by atoms with Gasteiger partial charge in [0.2, 0.25) is 0 Å². The Morgan fingerprint density at radius 1 is 1.33 bits per heavy atom. The topological polar surface area (TPSA) is 77.6 Å². The minimum atomic E-state index is -1.61. The van der Waals surface area contributed by atoms with Crippen molar-refractivity contribution in [3.8, 4) is 0 Å². The van der Waals surface area contributed by atoms with Crippen LogP contribution in [-0.4, -0.2) is 36.0 Å². The zero-order valence-corrected chi connectivity index (χ0v) is 14.6. The first-order chi connectivity index (χ1) is 12.8. The highest BCUT2D eigenvalue weighted by atomic mass is 19.1. The molecule has 0 amide bonds. The molecule has 0 aliphatic carbocycles. The number of aromatic nitrogens is 1. The fraction of sp³-hybridized carbons (Fsp3) is 0.316. The van der Waals surface area contributed by atoms with E-state index >= 15 is 0 Å². The molecule has 142 valence electrons. The first-order valence-electron chi connectivity index (χ1n) is 8.29. The second-order valence-electron chi connectivity index (χ2n) is 6.51. The fourth-order valence-corrected chi connectivity index (χ4v) is 2.95. The minimum Gasteiger partial charge on any atom is -0.386 e. The van der Waals surface area contributed by atoms with Crippen molar-refractivity contribution in [3.63, 3.8) is 0 Å². The van der Waals surface area contributed by atoms with E-state index in [9.17, 15) is 18.0 Å². The molecule has 2 heterocycles. The Morgan fingerprint density at radius 3 is 2.81 bits per heavy atom. The van der Waals surface area contributed by atoms with Gasteiger partial charge in [0.1, 0.15) is 35.3 Å². The molecule has 0 unspecified atom stereocenters. The molecule has 0 saturated carbocycles. The summed E-state index contributed by atoms with van der Waals surface area (Å²) >= 11 is 0.